The van der Waals surface area contributed by atoms with E-state index in [-0.39, 0.29) is 24.6 Å². The van der Waals surface area contributed by atoms with Gasteiger partial charge in [0.05, 0.1) is 24.7 Å². The molecule has 0 aromatic carbocycles. The molecule has 0 radical (unpaired) electrons. The molecule has 2 unspecified atom stereocenters. The number of hydrogen-bond acceptors (Lipinski definition) is 4. The maximum absolute atomic E-state index is 12.1. The molecule has 1 fully saturated rings. The second-order valence-electron chi connectivity index (χ2n) is 5.32. The van der Waals surface area contributed by atoms with Gasteiger partial charge >= 0.3 is 12.0 Å². The van der Waals surface area contributed by atoms with E-state index in [1.165, 1.54) is 7.11 Å². The number of hydrogen-bond donors (Lipinski definition) is 2. The Hall–Kier alpha value is -1.34. The minimum absolute atomic E-state index is 0.132. The number of carboxylic acids is 1. The third-order valence-corrected chi connectivity index (χ3v) is 3.66. The van der Waals surface area contributed by atoms with Crippen LogP contribution in [-0.4, -0.2) is 67.6 Å². The smallest absolute Gasteiger partial charge is 0.317 e. The number of rotatable bonds is 6. The van der Waals surface area contributed by atoms with Gasteiger partial charge in [-0.15, -0.1) is 0 Å². The molecule has 0 spiro atoms. The molecule has 0 bridgehead atoms. The van der Waals surface area contributed by atoms with Crippen LogP contribution in [0.15, 0.2) is 0 Å². The van der Waals surface area contributed by atoms with Crippen LogP contribution in [0.3, 0.4) is 0 Å². The van der Waals surface area contributed by atoms with Gasteiger partial charge in [0.2, 0.25) is 0 Å². The van der Waals surface area contributed by atoms with Gasteiger partial charge in [0.1, 0.15) is 0 Å². The number of carbonyl (C=O) groups excluding carboxylic acids is 1. The van der Waals surface area contributed by atoms with Gasteiger partial charge in [-0.05, 0) is 19.8 Å². The van der Waals surface area contributed by atoms with E-state index in [1.54, 1.807) is 12.0 Å². The van der Waals surface area contributed by atoms with E-state index >= 15 is 0 Å². The summed E-state index contributed by atoms with van der Waals surface area (Å²) in [5.74, 6) is -0.948. The molecule has 7 nitrogen and oxygen atoms in total. The minimum atomic E-state index is -0.948. The first kappa shape index (κ1) is 16.7. The number of ether oxygens (including phenoxy) is 2. The highest BCUT2D eigenvalue weighted by Crippen LogP contribution is 2.23. The summed E-state index contributed by atoms with van der Waals surface area (Å²) in [5, 5.41) is 11.4. The maximum atomic E-state index is 12.1. The van der Waals surface area contributed by atoms with Gasteiger partial charge in [0.15, 0.2) is 0 Å². The van der Waals surface area contributed by atoms with E-state index in [2.05, 4.69) is 5.32 Å². The fourth-order valence-corrected chi connectivity index (χ4v) is 2.29. The summed E-state index contributed by atoms with van der Waals surface area (Å²) in [7, 11) is 3.08. The zero-order valence-corrected chi connectivity index (χ0v) is 12.3. The number of piperidine rings is 1. The topological polar surface area (TPSA) is 88.1 Å². The highest BCUT2D eigenvalue weighted by Gasteiger charge is 2.33. The van der Waals surface area contributed by atoms with E-state index in [0.29, 0.717) is 13.1 Å². The summed E-state index contributed by atoms with van der Waals surface area (Å²) < 4.78 is 10.5. The van der Waals surface area contributed by atoms with Crippen molar-refractivity contribution in [3.63, 3.8) is 0 Å². The normalized spacial score (nSPS) is 24.2. The standard InChI is InChI=1S/C13H24N2O5/c1-13(20-3)5-4-6-15(9-13)12(18)14-8-10(19-2)7-11(16)17/h10H,4-9H2,1-3H3,(H,14,18)(H,16,17). The summed E-state index contributed by atoms with van der Waals surface area (Å²) in [6.07, 6.45) is 1.16. The third-order valence-electron chi connectivity index (χ3n) is 3.66. The monoisotopic (exact) mass is 288 g/mol. The number of carbonyl (C=O) groups is 2. The van der Waals surface area contributed by atoms with Gasteiger partial charge in [-0.2, -0.15) is 0 Å². The Labute approximate surface area is 119 Å². The number of likely N-dealkylation sites (tertiary alicyclic amines) is 1. The average molecular weight is 288 g/mol. The van der Waals surface area contributed by atoms with Crippen LogP contribution in [0.4, 0.5) is 4.79 Å². The van der Waals surface area contributed by atoms with E-state index in [9.17, 15) is 9.59 Å². The van der Waals surface area contributed by atoms with Crippen molar-refractivity contribution in [2.75, 3.05) is 33.9 Å². The van der Waals surface area contributed by atoms with Gasteiger partial charge in [0, 0.05) is 27.3 Å². The largest absolute Gasteiger partial charge is 0.481 e. The Balaban J connectivity index is 2.43. The molecule has 2 atom stereocenters. The number of carboxylic acid groups (broad SMARTS) is 1. The zero-order chi connectivity index (χ0) is 15.2. The van der Waals surface area contributed by atoms with Crippen LogP contribution in [0.2, 0.25) is 0 Å². The minimum Gasteiger partial charge on any atom is -0.481 e. The Kier molecular flexibility index (Phi) is 6.22. The molecule has 0 saturated carbocycles. The van der Waals surface area contributed by atoms with Crippen molar-refractivity contribution in [1.29, 1.82) is 0 Å². The van der Waals surface area contributed by atoms with E-state index in [1.807, 2.05) is 6.92 Å². The number of amides is 2. The molecule has 0 aliphatic carbocycles. The van der Waals surface area contributed by atoms with Crippen molar-refractivity contribution in [3.8, 4) is 0 Å². The zero-order valence-electron chi connectivity index (χ0n) is 12.3. The van der Waals surface area contributed by atoms with E-state index < -0.39 is 12.1 Å². The van der Waals surface area contributed by atoms with Gasteiger partial charge < -0.3 is 24.8 Å². The molecule has 2 amide bonds. The predicted molar refractivity (Wildman–Crippen MR) is 72.7 cm³/mol. The van der Waals surface area contributed by atoms with Crippen LogP contribution >= 0.6 is 0 Å². The van der Waals surface area contributed by atoms with Crippen LogP contribution in [-0.2, 0) is 14.3 Å². The number of aliphatic carboxylic acids is 1. The lowest BCUT2D eigenvalue weighted by molar-refractivity contribution is -0.139. The number of nitrogens with zero attached hydrogens (tertiary/aromatic N) is 1. The Morgan fingerprint density at radius 1 is 1.45 bits per heavy atom. The lowest BCUT2D eigenvalue weighted by Gasteiger charge is -2.39. The third kappa shape index (κ3) is 4.97. The van der Waals surface area contributed by atoms with Crippen molar-refractivity contribution in [3.05, 3.63) is 0 Å². The summed E-state index contributed by atoms with van der Waals surface area (Å²) >= 11 is 0. The Morgan fingerprint density at radius 2 is 2.15 bits per heavy atom. The summed E-state index contributed by atoms with van der Waals surface area (Å²) in [4.78, 5) is 24.4. The molecule has 1 heterocycles. The van der Waals surface area contributed by atoms with Gasteiger partial charge in [0.25, 0.3) is 0 Å². The molecule has 7 heteroatoms. The first-order chi connectivity index (χ1) is 9.40. The number of nitrogens with one attached hydrogen (secondary N) is 1. The molecule has 1 aliphatic rings. The Morgan fingerprint density at radius 3 is 2.70 bits per heavy atom. The Bertz CT molecular complexity index is 350. The molecular weight excluding hydrogens is 264 g/mol. The average Bonchev–Trinajstić information content (AvgIpc) is 2.42. The molecule has 1 rings (SSSR count). The van der Waals surface area contributed by atoms with Crippen molar-refractivity contribution in [2.45, 2.75) is 37.9 Å². The summed E-state index contributed by atoms with van der Waals surface area (Å²) in [6, 6.07) is -0.208. The summed E-state index contributed by atoms with van der Waals surface area (Å²) in [5.41, 5.74) is -0.308. The number of urea groups is 1. The molecule has 1 saturated heterocycles. The lowest BCUT2D eigenvalue weighted by atomic mass is 9.95. The fraction of sp³-hybridized carbons (Fsp3) is 0.846. The quantitative estimate of drug-likeness (QED) is 0.750. The second-order valence-corrected chi connectivity index (χ2v) is 5.32. The predicted octanol–water partition coefficient (Wildman–Crippen LogP) is 0.687. The molecule has 0 aromatic rings. The van der Waals surface area contributed by atoms with Gasteiger partial charge in [-0.1, -0.05) is 0 Å². The van der Waals surface area contributed by atoms with Gasteiger partial charge in [-0.3, -0.25) is 4.79 Å². The van der Waals surface area contributed by atoms with Crippen molar-refractivity contribution in [2.24, 2.45) is 0 Å². The van der Waals surface area contributed by atoms with Crippen molar-refractivity contribution in [1.82, 2.24) is 10.2 Å². The first-order valence-corrected chi connectivity index (χ1v) is 6.72. The molecule has 1 aliphatic heterocycles. The first-order valence-electron chi connectivity index (χ1n) is 6.72. The van der Waals surface area contributed by atoms with E-state index in [4.69, 9.17) is 14.6 Å². The van der Waals surface area contributed by atoms with Crippen LogP contribution in [0.25, 0.3) is 0 Å². The SMILES string of the molecule is COC(CNC(=O)N1CCCC(C)(OC)C1)CC(=O)O. The van der Waals surface area contributed by atoms with Crippen LogP contribution < -0.4 is 5.32 Å². The molecular formula is C13H24N2O5. The number of methoxy groups -OCH3 is 2. The fourth-order valence-electron chi connectivity index (χ4n) is 2.29. The highest BCUT2D eigenvalue weighted by atomic mass is 16.5. The molecule has 116 valence electrons. The molecule has 2 N–H and O–H groups in total. The lowest BCUT2D eigenvalue weighted by Crippen LogP contribution is -2.53. The van der Waals surface area contributed by atoms with Crippen molar-refractivity contribution < 1.29 is 24.2 Å². The van der Waals surface area contributed by atoms with Crippen LogP contribution in [0.1, 0.15) is 26.2 Å². The van der Waals surface area contributed by atoms with Crippen molar-refractivity contribution >= 4 is 12.0 Å². The highest BCUT2D eigenvalue weighted by molar-refractivity contribution is 5.74. The van der Waals surface area contributed by atoms with Crippen LogP contribution in [0, 0.1) is 0 Å². The summed E-state index contributed by atoms with van der Waals surface area (Å²) in [6.45, 7) is 3.38. The maximum Gasteiger partial charge on any atom is 0.317 e. The molecule has 0 aromatic heterocycles. The molecule has 20 heavy (non-hydrogen) atoms. The van der Waals surface area contributed by atoms with E-state index in [0.717, 1.165) is 12.8 Å². The second kappa shape index (κ2) is 7.44. The van der Waals surface area contributed by atoms with Crippen LogP contribution in [0.5, 0.6) is 0 Å². The van der Waals surface area contributed by atoms with Gasteiger partial charge in [-0.25, -0.2) is 4.79 Å².